The summed E-state index contributed by atoms with van der Waals surface area (Å²) < 4.78 is 13.2. The Balaban J connectivity index is 1.59. The second-order valence-electron chi connectivity index (χ2n) is 8.30. The Morgan fingerprint density at radius 1 is 1.11 bits per heavy atom. The van der Waals surface area contributed by atoms with Gasteiger partial charge in [0.25, 0.3) is 5.56 Å². The minimum absolute atomic E-state index is 0.182. The molecule has 0 unspecified atom stereocenters. The van der Waals surface area contributed by atoms with Crippen LogP contribution in [0.3, 0.4) is 0 Å². The Morgan fingerprint density at radius 2 is 1.84 bits per heavy atom. The maximum absolute atomic E-state index is 13.6. The van der Waals surface area contributed by atoms with Crippen molar-refractivity contribution in [2.75, 3.05) is 6.61 Å². The molecule has 9 heteroatoms. The van der Waals surface area contributed by atoms with Crippen molar-refractivity contribution in [1.29, 1.82) is 0 Å². The van der Waals surface area contributed by atoms with E-state index in [0.29, 0.717) is 37.7 Å². The van der Waals surface area contributed by atoms with Crippen molar-refractivity contribution in [1.82, 2.24) is 4.57 Å². The fraction of sp³-hybridized carbons (Fsp3) is 0.143. The molecule has 2 aromatic carbocycles. The van der Waals surface area contributed by atoms with Crippen molar-refractivity contribution in [2.24, 2.45) is 4.99 Å². The van der Waals surface area contributed by atoms with Crippen molar-refractivity contribution in [3.63, 3.8) is 0 Å². The van der Waals surface area contributed by atoms with E-state index in [-0.39, 0.29) is 17.7 Å². The third-order valence-electron chi connectivity index (χ3n) is 5.95. The van der Waals surface area contributed by atoms with Crippen LogP contribution in [0.4, 0.5) is 0 Å². The summed E-state index contributed by atoms with van der Waals surface area (Å²) in [6.07, 6.45) is 1.64. The molecule has 0 bridgehead atoms. The molecule has 0 amide bonds. The topological polar surface area (TPSA) is 111 Å². The first-order chi connectivity index (χ1) is 17.9. The number of benzene rings is 2. The maximum atomic E-state index is 13.6. The number of carbonyl (C=O) groups excluding carboxylic acids is 1. The number of hydrogen-bond acceptors (Lipinski definition) is 7. The second kappa shape index (κ2) is 9.87. The molecule has 0 radical (unpaired) electrons. The standard InChI is InChI=1S/C28H22N2O6S/c1-3-35-27(34)23-16(2)29-28-30(24(23)18-7-5-4-6-8-18)25(31)22(37-28)15-20-13-14-21(36-20)17-9-11-19(12-10-17)26(32)33/h4-15,24H,3H2,1-2H3,(H,32,33)/b22-15-/t24-/m1/s1. The molecule has 1 aliphatic rings. The lowest BCUT2D eigenvalue weighted by atomic mass is 9.96. The molecular weight excluding hydrogens is 492 g/mol. The van der Waals surface area contributed by atoms with Crippen LogP contribution in [0.2, 0.25) is 0 Å². The molecule has 0 aliphatic carbocycles. The summed E-state index contributed by atoms with van der Waals surface area (Å²) in [6, 6.07) is 18.5. The number of esters is 1. The first kappa shape index (κ1) is 24.2. The summed E-state index contributed by atoms with van der Waals surface area (Å²) in [5.41, 5.74) is 2.21. The van der Waals surface area contributed by atoms with Gasteiger partial charge in [-0.25, -0.2) is 14.6 Å². The van der Waals surface area contributed by atoms with Gasteiger partial charge >= 0.3 is 11.9 Å². The number of hydrogen-bond donors (Lipinski definition) is 1. The maximum Gasteiger partial charge on any atom is 0.338 e. The fourth-order valence-corrected chi connectivity index (χ4v) is 5.26. The Bertz CT molecular complexity index is 1710. The summed E-state index contributed by atoms with van der Waals surface area (Å²) in [5.74, 6) is -0.507. The van der Waals surface area contributed by atoms with Gasteiger partial charge in [0, 0.05) is 11.6 Å². The number of fused-ring (bicyclic) bond motifs is 1. The van der Waals surface area contributed by atoms with E-state index in [1.165, 1.54) is 28.0 Å². The number of aromatic carboxylic acids is 1. The van der Waals surface area contributed by atoms with Crippen LogP contribution in [0.15, 0.2) is 92.2 Å². The first-order valence-electron chi connectivity index (χ1n) is 11.6. The quantitative estimate of drug-likeness (QED) is 0.392. The highest BCUT2D eigenvalue weighted by molar-refractivity contribution is 7.07. The van der Waals surface area contributed by atoms with Gasteiger partial charge < -0.3 is 14.3 Å². The van der Waals surface area contributed by atoms with Gasteiger partial charge in [0.05, 0.1) is 34.0 Å². The van der Waals surface area contributed by atoms with Gasteiger partial charge in [0.15, 0.2) is 4.80 Å². The summed E-state index contributed by atoms with van der Waals surface area (Å²) in [4.78, 5) is 42.7. The lowest BCUT2D eigenvalue weighted by molar-refractivity contribution is -0.139. The van der Waals surface area contributed by atoms with Crippen molar-refractivity contribution < 1.29 is 23.8 Å². The van der Waals surface area contributed by atoms with Crippen molar-refractivity contribution >= 4 is 29.4 Å². The number of carboxylic acids is 1. The number of thiazole rings is 1. The molecule has 8 nitrogen and oxygen atoms in total. The van der Waals surface area contributed by atoms with E-state index >= 15 is 0 Å². The molecule has 0 saturated heterocycles. The predicted molar refractivity (Wildman–Crippen MR) is 138 cm³/mol. The Labute approximate surface area is 215 Å². The Kier molecular flexibility index (Phi) is 6.45. The van der Waals surface area contributed by atoms with E-state index in [0.717, 1.165) is 5.56 Å². The first-order valence-corrected chi connectivity index (χ1v) is 12.4. The number of allylic oxidation sites excluding steroid dienone is 1. The molecule has 0 spiro atoms. The van der Waals surface area contributed by atoms with Crippen LogP contribution in [0.25, 0.3) is 17.4 Å². The molecular formula is C28H22N2O6S. The molecule has 0 saturated carbocycles. The van der Waals surface area contributed by atoms with E-state index < -0.39 is 18.0 Å². The van der Waals surface area contributed by atoms with E-state index in [9.17, 15) is 14.4 Å². The van der Waals surface area contributed by atoms with Crippen molar-refractivity contribution in [2.45, 2.75) is 19.9 Å². The van der Waals surface area contributed by atoms with E-state index in [1.807, 2.05) is 30.3 Å². The molecule has 0 fully saturated rings. The van der Waals surface area contributed by atoms with Gasteiger partial charge in [0.2, 0.25) is 0 Å². The highest BCUT2D eigenvalue weighted by Gasteiger charge is 2.33. The van der Waals surface area contributed by atoms with Gasteiger partial charge in [0.1, 0.15) is 11.5 Å². The number of carboxylic acid groups (broad SMARTS) is 1. The molecule has 37 heavy (non-hydrogen) atoms. The van der Waals surface area contributed by atoms with E-state index in [4.69, 9.17) is 14.3 Å². The molecule has 2 aromatic heterocycles. The number of furan rings is 1. The molecule has 4 aromatic rings. The van der Waals surface area contributed by atoms with Gasteiger partial charge in [-0.15, -0.1) is 0 Å². The third-order valence-corrected chi connectivity index (χ3v) is 6.93. The lowest BCUT2D eigenvalue weighted by Crippen LogP contribution is -2.39. The predicted octanol–water partition coefficient (Wildman–Crippen LogP) is 3.76. The summed E-state index contributed by atoms with van der Waals surface area (Å²) in [5, 5.41) is 9.10. The number of carbonyl (C=O) groups is 2. The average Bonchev–Trinajstić information content (AvgIpc) is 3.48. The molecule has 1 aliphatic heterocycles. The highest BCUT2D eigenvalue weighted by Crippen LogP contribution is 2.30. The van der Waals surface area contributed by atoms with Gasteiger partial charge in [-0.2, -0.15) is 0 Å². The largest absolute Gasteiger partial charge is 0.478 e. The minimum atomic E-state index is -1.00. The molecule has 186 valence electrons. The van der Waals surface area contributed by atoms with Gasteiger partial charge in [-0.3, -0.25) is 9.36 Å². The van der Waals surface area contributed by atoms with Crippen molar-refractivity contribution in [3.8, 4) is 11.3 Å². The third kappa shape index (κ3) is 4.56. The van der Waals surface area contributed by atoms with Crippen LogP contribution in [0.5, 0.6) is 0 Å². The SMILES string of the molecule is CCOC(=O)C1=C(C)N=c2s/c(=C\c3ccc(-c4ccc(C(=O)O)cc4)o3)c(=O)n2[C@@H]1c1ccccc1. The monoisotopic (exact) mass is 514 g/mol. The zero-order valence-electron chi connectivity index (χ0n) is 20.0. The zero-order chi connectivity index (χ0) is 26.1. The molecule has 1 atom stereocenters. The average molecular weight is 515 g/mol. The zero-order valence-corrected chi connectivity index (χ0v) is 20.8. The number of aromatic nitrogens is 1. The van der Waals surface area contributed by atoms with Crippen LogP contribution in [-0.2, 0) is 9.53 Å². The second-order valence-corrected chi connectivity index (χ2v) is 9.31. The minimum Gasteiger partial charge on any atom is -0.478 e. The number of ether oxygens (including phenoxy) is 1. The van der Waals surface area contributed by atoms with Crippen LogP contribution in [-0.4, -0.2) is 28.2 Å². The lowest BCUT2D eigenvalue weighted by Gasteiger charge is -2.24. The van der Waals surface area contributed by atoms with E-state index in [1.54, 1.807) is 44.2 Å². The normalized spacial score (nSPS) is 15.3. The molecule has 5 rings (SSSR count). The van der Waals surface area contributed by atoms with Gasteiger partial charge in [-0.05, 0) is 43.7 Å². The van der Waals surface area contributed by atoms with Crippen LogP contribution in [0.1, 0.15) is 41.6 Å². The van der Waals surface area contributed by atoms with E-state index in [2.05, 4.69) is 4.99 Å². The van der Waals surface area contributed by atoms with Crippen molar-refractivity contribution in [3.05, 3.63) is 115 Å². The molecule has 1 N–H and O–H groups in total. The summed E-state index contributed by atoms with van der Waals surface area (Å²) >= 11 is 1.21. The van der Waals surface area contributed by atoms with Crippen LogP contribution in [0, 0.1) is 0 Å². The smallest absolute Gasteiger partial charge is 0.338 e. The Morgan fingerprint density at radius 3 is 2.51 bits per heavy atom. The molecule has 3 heterocycles. The van der Waals surface area contributed by atoms with Crippen LogP contribution >= 0.6 is 11.3 Å². The Hall–Kier alpha value is -4.50. The van der Waals surface area contributed by atoms with Crippen LogP contribution < -0.4 is 14.9 Å². The number of nitrogens with zero attached hydrogens (tertiary/aromatic N) is 2. The summed E-state index contributed by atoms with van der Waals surface area (Å²) in [7, 11) is 0. The van der Waals surface area contributed by atoms with Gasteiger partial charge in [-0.1, -0.05) is 53.8 Å². The summed E-state index contributed by atoms with van der Waals surface area (Å²) in [6.45, 7) is 3.69. The fourth-order valence-electron chi connectivity index (χ4n) is 4.23. The number of rotatable bonds is 6. The highest BCUT2D eigenvalue weighted by atomic mass is 32.1.